The molecule has 0 spiro atoms. The Morgan fingerprint density at radius 2 is 2.10 bits per heavy atom. The fourth-order valence-corrected chi connectivity index (χ4v) is 3.34. The van der Waals surface area contributed by atoms with Gasteiger partial charge in [0.05, 0.1) is 11.8 Å². The number of nitrogens with one attached hydrogen (secondary N) is 2. The second-order valence-corrected chi connectivity index (χ2v) is 6.83. The molecule has 112 valence electrons. The van der Waals surface area contributed by atoms with Crippen molar-refractivity contribution in [1.82, 2.24) is 4.72 Å². The molecule has 20 heavy (non-hydrogen) atoms. The van der Waals surface area contributed by atoms with Gasteiger partial charge in [-0.05, 0) is 38.4 Å². The minimum atomic E-state index is -3.44. The van der Waals surface area contributed by atoms with Crippen LogP contribution in [0, 0.1) is 0 Å². The number of anilines is 1. The lowest BCUT2D eigenvalue weighted by Crippen LogP contribution is -2.34. The SMILES string of the molecule is CCC1CC(Nc2ccccc2S(=O)(=O)NC)CCO1. The fourth-order valence-electron chi connectivity index (χ4n) is 2.45. The third-order valence-corrected chi connectivity index (χ3v) is 5.10. The summed E-state index contributed by atoms with van der Waals surface area (Å²) >= 11 is 0. The summed E-state index contributed by atoms with van der Waals surface area (Å²) in [5.41, 5.74) is 0.656. The zero-order valence-corrected chi connectivity index (χ0v) is 12.7. The number of ether oxygens (including phenoxy) is 1. The number of benzene rings is 1. The third-order valence-electron chi connectivity index (χ3n) is 3.63. The normalized spacial score (nSPS) is 23.5. The highest BCUT2D eigenvalue weighted by Gasteiger charge is 2.23. The summed E-state index contributed by atoms with van der Waals surface area (Å²) in [6, 6.07) is 7.25. The van der Waals surface area contributed by atoms with Gasteiger partial charge in [0.1, 0.15) is 4.90 Å². The van der Waals surface area contributed by atoms with Crippen LogP contribution in [0.2, 0.25) is 0 Å². The van der Waals surface area contributed by atoms with Crippen molar-refractivity contribution in [2.45, 2.75) is 43.2 Å². The van der Waals surface area contributed by atoms with E-state index in [1.165, 1.54) is 7.05 Å². The molecule has 1 heterocycles. The molecule has 2 atom stereocenters. The van der Waals surface area contributed by atoms with Crippen LogP contribution in [0.25, 0.3) is 0 Å². The van der Waals surface area contributed by atoms with Gasteiger partial charge in [-0.25, -0.2) is 13.1 Å². The maximum Gasteiger partial charge on any atom is 0.242 e. The monoisotopic (exact) mass is 298 g/mol. The minimum absolute atomic E-state index is 0.252. The molecule has 0 saturated carbocycles. The predicted molar refractivity (Wildman–Crippen MR) is 79.4 cm³/mol. The molecular formula is C14H22N2O3S. The zero-order valence-electron chi connectivity index (χ0n) is 11.9. The molecule has 1 saturated heterocycles. The molecule has 0 aromatic heterocycles. The highest BCUT2D eigenvalue weighted by molar-refractivity contribution is 7.89. The van der Waals surface area contributed by atoms with Crippen molar-refractivity contribution >= 4 is 15.7 Å². The number of rotatable bonds is 5. The van der Waals surface area contributed by atoms with Crippen molar-refractivity contribution in [2.75, 3.05) is 19.0 Å². The number of hydrogen-bond donors (Lipinski definition) is 2. The van der Waals surface area contributed by atoms with E-state index in [0.717, 1.165) is 25.9 Å². The van der Waals surface area contributed by atoms with Gasteiger partial charge in [-0.1, -0.05) is 19.1 Å². The molecule has 0 aliphatic carbocycles. The number of hydrogen-bond acceptors (Lipinski definition) is 4. The molecule has 1 aromatic rings. The molecule has 1 aromatic carbocycles. The number of para-hydroxylation sites is 1. The topological polar surface area (TPSA) is 67.4 Å². The lowest BCUT2D eigenvalue weighted by Gasteiger charge is -2.30. The van der Waals surface area contributed by atoms with E-state index in [4.69, 9.17) is 4.74 Å². The third kappa shape index (κ3) is 3.50. The first kappa shape index (κ1) is 15.3. The predicted octanol–water partition coefficient (Wildman–Crippen LogP) is 1.96. The van der Waals surface area contributed by atoms with Gasteiger partial charge in [-0.3, -0.25) is 0 Å². The summed E-state index contributed by atoms with van der Waals surface area (Å²) in [6.07, 6.45) is 3.04. The Bertz CT molecular complexity index is 545. The lowest BCUT2D eigenvalue weighted by atomic mass is 10.0. The summed E-state index contributed by atoms with van der Waals surface area (Å²) in [4.78, 5) is 0.294. The Labute approximate surface area is 120 Å². The van der Waals surface area contributed by atoms with Crippen molar-refractivity contribution in [3.05, 3.63) is 24.3 Å². The van der Waals surface area contributed by atoms with E-state index in [2.05, 4.69) is 17.0 Å². The molecule has 6 heteroatoms. The summed E-state index contributed by atoms with van der Waals surface area (Å²) in [5.74, 6) is 0. The molecule has 0 bridgehead atoms. The zero-order chi connectivity index (χ0) is 14.6. The Kier molecular flexibility index (Phi) is 5.01. The average Bonchev–Trinajstić information content (AvgIpc) is 2.48. The molecular weight excluding hydrogens is 276 g/mol. The van der Waals surface area contributed by atoms with Crippen molar-refractivity contribution < 1.29 is 13.2 Å². The van der Waals surface area contributed by atoms with Gasteiger partial charge in [0.25, 0.3) is 0 Å². The first-order valence-corrected chi connectivity index (χ1v) is 8.46. The number of sulfonamides is 1. The summed E-state index contributed by atoms with van der Waals surface area (Å²) in [7, 11) is -2.02. The molecule has 2 rings (SSSR count). The second-order valence-electron chi connectivity index (χ2n) is 4.97. The first-order chi connectivity index (χ1) is 9.56. The quantitative estimate of drug-likeness (QED) is 0.872. The van der Waals surface area contributed by atoms with E-state index < -0.39 is 10.0 Å². The molecule has 0 amide bonds. The van der Waals surface area contributed by atoms with Crippen LogP contribution < -0.4 is 10.0 Å². The van der Waals surface area contributed by atoms with Gasteiger partial charge in [-0.2, -0.15) is 0 Å². The van der Waals surface area contributed by atoms with Gasteiger partial charge in [-0.15, -0.1) is 0 Å². The summed E-state index contributed by atoms with van der Waals surface area (Å²) in [5, 5.41) is 3.36. The van der Waals surface area contributed by atoms with Crippen LogP contribution in [0.15, 0.2) is 29.2 Å². The van der Waals surface area contributed by atoms with Gasteiger partial charge >= 0.3 is 0 Å². The van der Waals surface area contributed by atoms with Crippen LogP contribution in [-0.4, -0.2) is 34.2 Å². The molecule has 2 unspecified atom stereocenters. The van der Waals surface area contributed by atoms with Gasteiger partial charge in [0, 0.05) is 12.6 Å². The van der Waals surface area contributed by atoms with Crippen LogP contribution in [0.4, 0.5) is 5.69 Å². The van der Waals surface area contributed by atoms with E-state index in [0.29, 0.717) is 10.6 Å². The van der Waals surface area contributed by atoms with E-state index in [1.54, 1.807) is 18.2 Å². The Morgan fingerprint density at radius 1 is 1.35 bits per heavy atom. The summed E-state index contributed by atoms with van der Waals surface area (Å²) in [6.45, 7) is 2.82. The van der Waals surface area contributed by atoms with Gasteiger partial charge in [0.15, 0.2) is 0 Å². The largest absolute Gasteiger partial charge is 0.381 e. The smallest absolute Gasteiger partial charge is 0.242 e. The maximum absolute atomic E-state index is 12.0. The first-order valence-electron chi connectivity index (χ1n) is 6.97. The highest BCUT2D eigenvalue weighted by atomic mass is 32.2. The second kappa shape index (κ2) is 6.56. The van der Waals surface area contributed by atoms with Gasteiger partial charge in [0.2, 0.25) is 10.0 Å². The van der Waals surface area contributed by atoms with Crippen LogP contribution in [0.3, 0.4) is 0 Å². The molecule has 1 fully saturated rings. The van der Waals surface area contributed by atoms with Crippen molar-refractivity contribution in [3.8, 4) is 0 Å². The van der Waals surface area contributed by atoms with E-state index in [9.17, 15) is 8.42 Å². The van der Waals surface area contributed by atoms with E-state index >= 15 is 0 Å². The van der Waals surface area contributed by atoms with Gasteiger partial charge < -0.3 is 10.1 Å². The lowest BCUT2D eigenvalue weighted by molar-refractivity contribution is 0.00922. The molecule has 2 N–H and O–H groups in total. The molecule has 1 aliphatic heterocycles. The van der Waals surface area contributed by atoms with Crippen LogP contribution in [0.1, 0.15) is 26.2 Å². The summed E-state index contributed by atoms with van der Waals surface area (Å²) < 4.78 is 32.0. The fraction of sp³-hybridized carbons (Fsp3) is 0.571. The maximum atomic E-state index is 12.0. The van der Waals surface area contributed by atoms with Crippen molar-refractivity contribution in [2.24, 2.45) is 0 Å². The van der Waals surface area contributed by atoms with Crippen LogP contribution >= 0.6 is 0 Å². The van der Waals surface area contributed by atoms with E-state index in [-0.39, 0.29) is 12.1 Å². The average molecular weight is 298 g/mol. The van der Waals surface area contributed by atoms with Crippen LogP contribution in [0.5, 0.6) is 0 Å². The Hall–Kier alpha value is -1.11. The highest BCUT2D eigenvalue weighted by Crippen LogP contribution is 2.25. The Morgan fingerprint density at radius 3 is 2.80 bits per heavy atom. The van der Waals surface area contributed by atoms with E-state index in [1.807, 2.05) is 6.07 Å². The molecule has 0 radical (unpaired) electrons. The standard InChI is InChI=1S/C14H22N2O3S/c1-3-12-10-11(8-9-19-12)16-13-6-4-5-7-14(13)20(17,18)15-2/h4-7,11-12,15-16H,3,8-10H2,1-2H3. The van der Waals surface area contributed by atoms with Crippen molar-refractivity contribution in [3.63, 3.8) is 0 Å². The Balaban J connectivity index is 2.17. The van der Waals surface area contributed by atoms with Crippen LogP contribution in [-0.2, 0) is 14.8 Å². The van der Waals surface area contributed by atoms with Crippen molar-refractivity contribution in [1.29, 1.82) is 0 Å². The minimum Gasteiger partial charge on any atom is -0.381 e. The molecule has 5 nitrogen and oxygen atoms in total. The molecule has 1 aliphatic rings.